The van der Waals surface area contributed by atoms with Crippen LogP contribution in [-0.4, -0.2) is 36.7 Å². The lowest BCUT2D eigenvalue weighted by Gasteiger charge is -2.73. The van der Waals surface area contributed by atoms with E-state index in [-0.39, 0.29) is 69.7 Å². The van der Waals surface area contributed by atoms with Crippen molar-refractivity contribution in [2.75, 3.05) is 6.61 Å². The molecule has 0 unspecified atom stereocenters. The molecule has 5 aliphatic rings. The maximum absolute atomic E-state index is 12.5. The quantitative estimate of drug-likeness (QED) is 0.187. The maximum Gasteiger partial charge on any atom is 0.302 e. The highest BCUT2D eigenvalue weighted by molar-refractivity contribution is 5.67. The van der Waals surface area contributed by atoms with Crippen LogP contribution in [-0.2, 0) is 28.6 Å². The van der Waals surface area contributed by atoms with E-state index in [1.54, 1.807) is 6.92 Å². The summed E-state index contributed by atoms with van der Waals surface area (Å²) in [7, 11) is 0. The number of carbonyl (C=O) groups excluding carboxylic acids is 3. The normalized spacial score (nSPS) is 47.1. The summed E-state index contributed by atoms with van der Waals surface area (Å²) in [4.78, 5) is 36.2. The van der Waals surface area contributed by atoms with Gasteiger partial charge in [-0.1, -0.05) is 48.1 Å². The smallest absolute Gasteiger partial charge is 0.302 e. The van der Waals surface area contributed by atoms with Crippen LogP contribution in [0.5, 0.6) is 0 Å². The molecule has 0 aromatic carbocycles. The number of hydrogen-bond donors (Lipinski definition) is 0. The number of hydrogen-bond acceptors (Lipinski definition) is 6. The van der Waals surface area contributed by atoms with Crippen molar-refractivity contribution in [2.24, 2.45) is 56.7 Å². The Morgan fingerprint density at radius 1 is 0.690 bits per heavy atom. The monoisotopic (exact) mass is 584 g/mol. The van der Waals surface area contributed by atoms with Crippen molar-refractivity contribution in [3.8, 4) is 0 Å². The van der Waals surface area contributed by atoms with Crippen LogP contribution in [0.15, 0.2) is 12.2 Å². The molecule has 0 aromatic heterocycles. The molecule has 5 rings (SSSR count). The van der Waals surface area contributed by atoms with Gasteiger partial charge in [0.25, 0.3) is 0 Å². The van der Waals surface area contributed by atoms with Crippen LogP contribution in [0.3, 0.4) is 0 Å². The van der Waals surface area contributed by atoms with Gasteiger partial charge in [-0.05, 0) is 109 Å². The summed E-state index contributed by atoms with van der Waals surface area (Å²) < 4.78 is 17.7. The molecular weight excluding hydrogens is 528 g/mol. The molecule has 5 saturated carbocycles. The average Bonchev–Trinajstić information content (AvgIpc) is 3.23. The van der Waals surface area contributed by atoms with Crippen LogP contribution in [0.2, 0.25) is 0 Å². The van der Waals surface area contributed by atoms with Crippen molar-refractivity contribution >= 4 is 17.9 Å². The molecule has 0 heterocycles. The number of carbonyl (C=O) groups is 3. The van der Waals surface area contributed by atoms with Gasteiger partial charge >= 0.3 is 17.9 Å². The zero-order valence-electron chi connectivity index (χ0n) is 27.8. The fourth-order valence-corrected chi connectivity index (χ4v) is 12.5. The van der Waals surface area contributed by atoms with Crippen molar-refractivity contribution < 1.29 is 28.6 Å². The van der Waals surface area contributed by atoms with E-state index >= 15 is 0 Å². The third-order valence-electron chi connectivity index (χ3n) is 14.4. The summed E-state index contributed by atoms with van der Waals surface area (Å²) in [5, 5.41) is 0. The predicted molar refractivity (Wildman–Crippen MR) is 162 cm³/mol. The van der Waals surface area contributed by atoms with Gasteiger partial charge in [0.15, 0.2) is 0 Å². The van der Waals surface area contributed by atoms with Gasteiger partial charge < -0.3 is 14.2 Å². The third-order valence-corrected chi connectivity index (χ3v) is 14.4. The molecular formula is C36H56O6. The highest BCUT2D eigenvalue weighted by Gasteiger charge is 2.72. The van der Waals surface area contributed by atoms with Gasteiger partial charge in [-0.2, -0.15) is 0 Å². The second-order valence-electron chi connectivity index (χ2n) is 16.5. The van der Waals surface area contributed by atoms with E-state index in [1.807, 2.05) is 0 Å². The lowest BCUT2D eigenvalue weighted by atomic mass is 9.32. The van der Waals surface area contributed by atoms with Crippen molar-refractivity contribution in [1.82, 2.24) is 0 Å². The Labute approximate surface area is 254 Å². The van der Waals surface area contributed by atoms with Gasteiger partial charge in [0.05, 0.1) is 0 Å². The number of rotatable bonds is 5. The van der Waals surface area contributed by atoms with E-state index in [9.17, 15) is 14.4 Å². The summed E-state index contributed by atoms with van der Waals surface area (Å²) >= 11 is 0. The van der Waals surface area contributed by atoms with Crippen LogP contribution in [0, 0.1) is 56.7 Å². The van der Waals surface area contributed by atoms with Crippen LogP contribution in [0.1, 0.15) is 120 Å². The number of esters is 3. The van der Waals surface area contributed by atoms with Gasteiger partial charge in [-0.3, -0.25) is 14.4 Å². The molecule has 0 saturated heterocycles. The molecule has 42 heavy (non-hydrogen) atoms. The Morgan fingerprint density at radius 2 is 1.31 bits per heavy atom. The van der Waals surface area contributed by atoms with Crippen molar-refractivity contribution in [1.29, 1.82) is 0 Å². The summed E-state index contributed by atoms with van der Waals surface area (Å²) in [6.07, 6.45) is 9.35. The van der Waals surface area contributed by atoms with Crippen LogP contribution >= 0.6 is 0 Å². The molecule has 0 radical (unpaired) electrons. The number of ether oxygens (including phenoxy) is 3. The molecule has 6 nitrogen and oxygen atoms in total. The Kier molecular flexibility index (Phi) is 7.79. The van der Waals surface area contributed by atoms with Crippen LogP contribution in [0.4, 0.5) is 0 Å². The van der Waals surface area contributed by atoms with Crippen molar-refractivity contribution in [3.63, 3.8) is 0 Å². The lowest BCUT2D eigenvalue weighted by molar-refractivity contribution is -0.265. The van der Waals surface area contributed by atoms with E-state index in [4.69, 9.17) is 14.2 Å². The van der Waals surface area contributed by atoms with E-state index in [0.29, 0.717) is 23.7 Å². The largest absolute Gasteiger partial charge is 0.462 e. The summed E-state index contributed by atoms with van der Waals surface area (Å²) in [6.45, 7) is 24.0. The molecule has 0 aromatic rings. The second kappa shape index (κ2) is 10.4. The SMILES string of the molecule is C=C(COC(C)=O)[C@@H]1CC[C@@]2(C)[C@H]1[C@H]1CC[C@@H]3[C@@]4(C)CC[C@H](OC(C)=O)C(C)(C)[C@@H]4CC[C@@]3(C)[C@]1(C)C[C@@H]2OC(C)=O. The van der Waals surface area contributed by atoms with Crippen LogP contribution < -0.4 is 0 Å². The molecule has 0 aliphatic heterocycles. The van der Waals surface area contributed by atoms with Crippen LogP contribution in [0.25, 0.3) is 0 Å². The topological polar surface area (TPSA) is 78.9 Å². The molecule has 5 fully saturated rings. The average molecular weight is 585 g/mol. The highest BCUT2D eigenvalue weighted by atomic mass is 16.5. The number of fused-ring (bicyclic) bond motifs is 7. The van der Waals surface area contributed by atoms with Gasteiger partial charge in [0.2, 0.25) is 0 Å². The summed E-state index contributed by atoms with van der Waals surface area (Å²) in [6, 6.07) is 0. The molecule has 11 atom stereocenters. The van der Waals surface area contributed by atoms with Gasteiger partial charge in [-0.25, -0.2) is 0 Å². The first-order chi connectivity index (χ1) is 19.4. The zero-order valence-corrected chi connectivity index (χ0v) is 27.8. The Balaban J connectivity index is 1.53. The Bertz CT molecular complexity index is 1140. The third kappa shape index (κ3) is 4.50. The summed E-state index contributed by atoms with van der Waals surface area (Å²) in [5.74, 6) is 1.48. The predicted octanol–water partition coefficient (Wildman–Crippen LogP) is 7.68. The molecule has 236 valence electrons. The minimum absolute atomic E-state index is 0.00459. The summed E-state index contributed by atoms with van der Waals surface area (Å²) in [5.41, 5.74) is 1.07. The fraction of sp³-hybridized carbons (Fsp3) is 0.861. The van der Waals surface area contributed by atoms with Gasteiger partial charge in [-0.15, -0.1) is 0 Å². The highest BCUT2D eigenvalue weighted by Crippen LogP contribution is 2.77. The van der Waals surface area contributed by atoms with Crippen molar-refractivity contribution in [2.45, 2.75) is 132 Å². The Morgan fingerprint density at radius 3 is 1.93 bits per heavy atom. The zero-order chi connectivity index (χ0) is 31.0. The second-order valence-corrected chi connectivity index (χ2v) is 16.5. The molecule has 0 bridgehead atoms. The molecule has 6 heteroatoms. The minimum Gasteiger partial charge on any atom is -0.462 e. The first-order valence-electron chi connectivity index (χ1n) is 16.6. The van der Waals surface area contributed by atoms with E-state index in [2.05, 4.69) is 48.1 Å². The van der Waals surface area contributed by atoms with E-state index < -0.39 is 0 Å². The van der Waals surface area contributed by atoms with Gasteiger partial charge in [0.1, 0.15) is 18.8 Å². The molecule has 0 spiro atoms. The lowest BCUT2D eigenvalue weighted by Crippen LogP contribution is -2.68. The standard InChI is InChI=1S/C36H56O6/c1-21(20-40-22(2)37)25-13-16-34(8)30(42-24(4)39)19-36(10)26(31(25)34)11-12-28-33(7)17-15-29(41-23(3)38)32(5,6)27(33)14-18-35(28,36)9/h25-31H,1,11-20H2,2-10H3/t25-,26+,27-,28+,29-,30-,31+,33-,34+,35+,36+/m0/s1. The van der Waals surface area contributed by atoms with Gasteiger partial charge in [0, 0.05) is 31.6 Å². The Hall–Kier alpha value is -1.85. The van der Waals surface area contributed by atoms with Crippen molar-refractivity contribution in [3.05, 3.63) is 12.2 Å². The fourth-order valence-electron chi connectivity index (χ4n) is 12.5. The maximum atomic E-state index is 12.5. The molecule has 5 aliphatic carbocycles. The molecule has 0 amide bonds. The molecule has 0 N–H and O–H groups in total. The first kappa shape index (κ1) is 31.6. The van der Waals surface area contributed by atoms with E-state index in [1.165, 1.54) is 20.3 Å². The first-order valence-corrected chi connectivity index (χ1v) is 16.6. The van der Waals surface area contributed by atoms with E-state index in [0.717, 1.165) is 56.9 Å². The minimum atomic E-state index is -0.271.